The number of anilines is 1. The van der Waals surface area contributed by atoms with Gasteiger partial charge in [0.25, 0.3) is 5.91 Å². The molecule has 1 aromatic heterocycles. The highest BCUT2D eigenvalue weighted by Crippen LogP contribution is 2.26. The maximum absolute atomic E-state index is 12.1. The van der Waals surface area contributed by atoms with Crippen molar-refractivity contribution < 1.29 is 9.59 Å². The molecule has 0 unspecified atom stereocenters. The van der Waals surface area contributed by atoms with Gasteiger partial charge in [-0.1, -0.05) is 60.6 Å². The summed E-state index contributed by atoms with van der Waals surface area (Å²) in [6, 6.07) is 9.26. The maximum atomic E-state index is 12.1. The van der Waals surface area contributed by atoms with Gasteiger partial charge in [-0.2, -0.15) is 0 Å². The fourth-order valence-electron chi connectivity index (χ4n) is 2.72. The number of thioether (sulfide) groups is 1. The van der Waals surface area contributed by atoms with E-state index in [4.69, 9.17) is 0 Å². The van der Waals surface area contributed by atoms with Crippen molar-refractivity contribution in [3.8, 4) is 0 Å². The second-order valence-electron chi connectivity index (χ2n) is 5.88. The Hall–Kier alpha value is -1.93. The van der Waals surface area contributed by atoms with Crippen molar-refractivity contribution in [3.05, 3.63) is 35.9 Å². The lowest BCUT2D eigenvalue weighted by atomic mass is 9.95. The van der Waals surface area contributed by atoms with Gasteiger partial charge in [-0.25, -0.2) is 0 Å². The molecule has 132 valence electrons. The standard InChI is InChI=1S/C17H20N4O2S2/c22-14(18-13-9-5-2-6-10-13)11-24-17-21-20-16(25-17)19-15(23)12-7-3-1-4-8-12/h1,3-4,7-8,13H,2,5-6,9-11H2,(H,18,22)(H,19,20,23). The number of carbonyl (C=O) groups is 2. The molecule has 0 radical (unpaired) electrons. The van der Waals surface area contributed by atoms with Crippen LogP contribution in [0.3, 0.4) is 0 Å². The van der Waals surface area contributed by atoms with E-state index in [0.717, 1.165) is 12.8 Å². The molecule has 1 fully saturated rings. The molecule has 1 aliphatic carbocycles. The third-order valence-electron chi connectivity index (χ3n) is 3.96. The minimum atomic E-state index is -0.219. The number of rotatable bonds is 6. The van der Waals surface area contributed by atoms with Gasteiger partial charge >= 0.3 is 0 Å². The highest BCUT2D eigenvalue weighted by Gasteiger charge is 2.16. The lowest BCUT2D eigenvalue weighted by Crippen LogP contribution is -2.37. The Balaban J connectivity index is 1.45. The minimum absolute atomic E-state index is 0.0296. The van der Waals surface area contributed by atoms with Crippen LogP contribution in [0.25, 0.3) is 0 Å². The van der Waals surface area contributed by atoms with Crippen LogP contribution in [-0.4, -0.2) is 33.8 Å². The fraction of sp³-hybridized carbons (Fsp3) is 0.412. The van der Waals surface area contributed by atoms with Gasteiger partial charge in [0, 0.05) is 11.6 Å². The van der Waals surface area contributed by atoms with Gasteiger partial charge in [0.1, 0.15) is 0 Å². The Kier molecular flexibility index (Phi) is 6.41. The first-order valence-electron chi connectivity index (χ1n) is 8.33. The van der Waals surface area contributed by atoms with E-state index < -0.39 is 0 Å². The van der Waals surface area contributed by atoms with Crippen molar-refractivity contribution in [2.24, 2.45) is 0 Å². The van der Waals surface area contributed by atoms with Crippen LogP contribution in [0.15, 0.2) is 34.7 Å². The highest BCUT2D eigenvalue weighted by atomic mass is 32.2. The van der Waals surface area contributed by atoms with Gasteiger partial charge in [0.15, 0.2) is 4.34 Å². The molecule has 1 heterocycles. The molecule has 1 aromatic carbocycles. The van der Waals surface area contributed by atoms with Crippen molar-refractivity contribution in [3.63, 3.8) is 0 Å². The number of nitrogens with one attached hydrogen (secondary N) is 2. The Morgan fingerprint density at radius 2 is 1.88 bits per heavy atom. The molecule has 1 aliphatic rings. The molecule has 0 spiro atoms. The first kappa shape index (κ1) is 17.9. The molecule has 25 heavy (non-hydrogen) atoms. The van der Waals surface area contributed by atoms with E-state index in [-0.39, 0.29) is 11.8 Å². The van der Waals surface area contributed by atoms with Crippen LogP contribution in [-0.2, 0) is 4.79 Å². The van der Waals surface area contributed by atoms with Gasteiger partial charge in [0.05, 0.1) is 5.75 Å². The molecular formula is C17H20N4O2S2. The summed E-state index contributed by atoms with van der Waals surface area (Å²) in [7, 11) is 0. The minimum Gasteiger partial charge on any atom is -0.353 e. The highest BCUT2D eigenvalue weighted by molar-refractivity contribution is 8.01. The summed E-state index contributed by atoms with van der Waals surface area (Å²) < 4.78 is 0.669. The molecule has 1 saturated carbocycles. The summed E-state index contributed by atoms with van der Waals surface area (Å²) in [6.07, 6.45) is 5.80. The van der Waals surface area contributed by atoms with Gasteiger partial charge in [-0.15, -0.1) is 10.2 Å². The molecular weight excluding hydrogens is 356 g/mol. The van der Waals surface area contributed by atoms with Crippen LogP contribution in [0.1, 0.15) is 42.5 Å². The molecule has 0 bridgehead atoms. The van der Waals surface area contributed by atoms with Gasteiger partial charge < -0.3 is 5.32 Å². The second-order valence-corrected chi connectivity index (χ2v) is 8.08. The van der Waals surface area contributed by atoms with Crippen LogP contribution < -0.4 is 10.6 Å². The van der Waals surface area contributed by atoms with Crippen LogP contribution in [0.2, 0.25) is 0 Å². The summed E-state index contributed by atoms with van der Waals surface area (Å²) in [5.41, 5.74) is 0.568. The summed E-state index contributed by atoms with van der Waals surface area (Å²) in [4.78, 5) is 24.1. The smallest absolute Gasteiger partial charge is 0.257 e. The number of hydrogen-bond acceptors (Lipinski definition) is 6. The third-order valence-corrected chi connectivity index (χ3v) is 5.93. The predicted octanol–water partition coefficient (Wildman–Crippen LogP) is 3.33. The Morgan fingerprint density at radius 3 is 2.64 bits per heavy atom. The molecule has 0 aliphatic heterocycles. The summed E-state index contributed by atoms with van der Waals surface area (Å²) >= 11 is 2.62. The Labute approximate surface area is 154 Å². The molecule has 6 nitrogen and oxygen atoms in total. The number of carbonyl (C=O) groups excluding carboxylic acids is 2. The maximum Gasteiger partial charge on any atom is 0.257 e. The topological polar surface area (TPSA) is 84.0 Å². The molecule has 2 amide bonds. The van der Waals surface area contributed by atoms with E-state index in [0.29, 0.717) is 26.8 Å². The number of hydrogen-bond donors (Lipinski definition) is 2. The predicted molar refractivity (Wildman–Crippen MR) is 100 cm³/mol. The monoisotopic (exact) mass is 376 g/mol. The SMILES string of the molecule is O=C(CSc1nnc(NC(=O)c2ccccc2)s1)NC1CCCCC1. The zero-order valence-electron chi connectivity index (χ0n) is 13.7. The van der Waals surface area contributed by atoms with Crippen molar-refractivity contribution in [1.29, 1.82) is 0 Å². The second kappa shape index (κ2) is 8.96. The van der Waals surface area contributed by atoms with Crippen molar-refractivity contribution >= 4 is 40.0 Å². The number of amides is 2. The zero-order chi connectivity index (χ0) is 17.5. The third kappa shape index (κ3) is 5.54. The van der Waals surface area contributed by atoms with Gasteiger partial charge in [0.2, 0.25) is 11.0 Å². The number of nitrogens with zero attached hydrogens (tertiary/aromatic N) is 2. The van der Waals surface area contributed by atoms with Crippen molar-refractivity contribution in [1.82, 2.24) is 15.5 Å². The Morgan fingerprint density at radius 1 is 1.12 bits per heavy atom. The molecule has 0 atom stereocenters. The van der Waals surface area contributed by atoms with Crippen LogP contribution in [0, 0.1) is 0 Å². The molecule has 8 heteroatoms. The first-order valence-corrected chi connectivity index (χ1v) is 10.1. The molecule has 0 saturated heterocycles. The molecule has 2 aromatic rings. The normalized spacial score (nSPS) is 14.9. The van der Waals surface area contributed by atoms with Crippen LogP contribution in [0.5, 0.6) is 0 Å². The lowest BCUT2D eigenvalue weighted by Gasteiger charge is -2.22. The fourth-order valence-corrected chi connectivity index (χ4v) is 4.28. The summed E-state index contributed by atoms with van der Waals surface area (Å²) in [5.74, 6) is 0.128. The van der Waals surface area contributed by atoms with Crippen molar-refractivity contribution in [2.45, 2.75) is 42.5 Å². The first-order chi connectivity index (χ1) is 12.2. The average molecular weight is 377 g/mol. The molecule has 2 N–H and O–H groups in total. The van der Waals surface area contributed by atoms with Gasteiger partial charge in [-0.05, 0) is 25.0 Å². The average Bonchev–Trinajstić information content (AvgIpc) is 3.09. The van der Waals surface area contributed by atoms with E-state index >= 15 is 0 Å². The van der Waals surface area contributed by atoms with E-state index in [1.807, 2.05) is 6.07 Å². The van der Waals surface area contributed by atoms with Gasteiger partial charge in [-0.3, -0.25) is 14.9 Å². The van der Waals surface area contributed by atoms with Crippen LogP contribution >= 0.6 is 23.1 Å². The van der Waals surface area contributed by atoms with E-state index in [9.17, 15) is 9.59 Å². The Bertz CT molecular complexity index is 714. The zero-order valence-corrected chi connectivity index (χ0v) is 15.4. The van der Waals surface area contributed by atoms with E-state index in [1.54, 1.807) is 24.3 Å². The van der Waals surface area contributed by atoms with Crippen molar-refractivity contribution in [2.75, 3.05) is 11.1 Å². The quantitative estimate of drug-likeness (QED) is 0.597. The summed E-state index contributed by atoms with van der Waals surface area (Å²) in [6.45, 7) is 0. The van der Waals surface area contributed by atoms with E-state index in [1.165, 1.54) is 42.4 Å². The number of benzene rings is 1. The molecule has 3 rings (SSSR count). The lowest BCUT2D eigenvalue weighted by molar-refractivity contribution is -0.119. The largest absolute Gasteiger partial charge is 0.353 e. The summed E-state index contributed by atoms with van der Waals surface area (Å²) in [5, 5.41) is 14.2. The van der Waals surface area contributed by atoms with Crippen LogP contribution in [0.4, 0.5) is 5.13 Å². The number of aromatic nitrogens is 2. The van der Waals surface area contributed by atoms with E-state index in [2.05, 4.69) is 20.8 Å².